The Hall–Kier alpha value is -0.560. The molecule has 2 aliphatic heterocycles. The molecule has 0 amide bonds. The second-order valence-corrected chi connectivity index (χ2v) is 8.25. The highest BCUT2D eigenvalue weighted by molar-refractivity contribution is 5.01. The fourth-order valence-electron chi connectivity index (χ4n) is 4.15. The van der Waals surface area contributed by atoms with E-state index in [1.165, 1.54) is 0 Å². The highest BCUT2D eigenvalue weighted by Gasteiger charge is 2.51. The van der Waals surface area contributed by atoms with Gasteiger partial charge in [-0.1, -0.05) is 0 Å². The largest absolute Gasteiger partial charge is 0.394 e. The first kappa shape index (κ1) is 25.1. The number of hydrogen-bond donors (Lipinski definition) is 10. The van der Waals surface area contributed by atoms with Gasteiger partial charge in [0.15, 0.2) is 12.6 Å². The van der Waals surface area contributed by atoms with Gasteiger partial charge in [-0.3, -0.25) is 0 Å². The first-order chi connectivity index (χ1) is 14.6. The third-order valence-electron chi connectivity index (χ3n) is 6.07. The van der Waals surface area contributed by atoms with E-state index in [-0.39, 0.29) is 6.42 Å². The summed E-state index contributed by atoms with van der Waals surface area (Å²) in [5.74, 6) is 0. The number of nitrogens with two attached hydrogens (primary N) is 3. The molecule has 13 N–H and O–H groups in total. The first-order valence-electron chi connectivity index (χ1n) is 10.1. The molecule has 0 aromatic heterocycles. The molecule has 0 spiro atoms. The summed E-state index contributed by atoms with van der Waals surface area (Å²) in [6.45, 7) is -1.16. The van der Waals surface area contributed by atoms with Crippen molar-refractivity contribution in [3.05, 3.63) is 0 Å². The molecule has 0 bridgehead atoms. The lowest BCUT2D eigenvalue weighted by Crippen LogP contribution is -2.67. The average Bonchev–Trinajstić information content (AvgIpc) is 3.01. The molecule has 0 radical (unpaired) electrons. The van der Waals surface area contributed by atoms with Crippen LogP contribution in [-0.2, 0) is 18.9 Å². The first-order valence-corrected chi connectivity index (χ1v) is 10.1. The molecular weight excluding hydrogens is 422 g/mol. The minimum Gasteiger partial charge on any atom is -0.394 e. The van der Waals surface area contributed by atoms with Gasteiger partial charge in [0.05, 0.1) is 19.3 Å². The van der Waals surface area contributed by atoms with Gasteiger partial charge in [-0.05, 0) is 6.42 Å². The highest BCUT2D eigenvalue weighted by atomic mass is 16.7. The second kappa shape index (κ2) is 10.1. The summed E-state index contributed by atoms with van der Waals surface area (Å²) in [5.41, 5.74) is 18.0. The topological polar surface area (TPSA) is 257 Å². The van der Waals surface area contributed by atoms with Gasteiger partial charge >= 0.3 is 0 Å². The molecule has 3 fully saturated rings. The normalized spacial score (nSPS) is 53.6. The summed E-state index contributed by atoms with van der Waals surface area (Å²) in [6, 6.07) is -2.78. The minimum absolute atomic E-state index is 0.123. The van der Waals surface area contributed by atoms with Gasteiger partial charge in [0.2, 0.25) is 0 Å². The van der Waals surface area contributed by atoms with E-state index in [0.717, 1.165) is 0 Å². The lowest BCUT2D eigenvalue weighted by molar-refractivity contribution is -0.302. The molecule has 1 saturated carbocycles. The summed E-state index contributed by atoms with van der Waals surface area (Å²) >= 11 is 0. The second-order valence-electron chi connectivity index (χ2n) is 8.25. The molecule has 1 aliphatic carbocycles. The molecule has 14 heteroatoms. The molecule has 31 heavy (non-hydrogen) atoms. The van der Waals surface area contributed by atoms with E-state index in [9.17, 15) is 35.7 Å². The lowest BCUT2D eigenvalue weighted by atomic mass is 9.84. The van der Waals surface area contributed by atoms with Crippen LogP contribution in [0.1, 0.15) is 6.42 Å². The van der Waals surface area contributed by atoms with Crippen molar-refractivity contribution in [2.45, 2.75) is 92.1 Å². The Morgan fingerprint density at radius 1 is 0.645 bits per heavy atom. The molecule has 9 unspecified atom stereocenters. The number of aliphatic hydroxyl groups is 7. The monoisotopic (exact) mass is 455 g/mol. The van der Waals surface area contributed by atoms with Crippen molar-refractivity contribution >= 4 is 0 Å². The van der Waals surface area contributed by atoms with Gasteiger partial charge in [-0.25, -0.2) is 0 Å². The maximum Gasteiger partial charge on any atom is 0.187 e. The Labute approximate surface area is 178 Å². The Kier molecular flexibility index (Phi) is 8.21. The number of rotatable bonds is 6. The summed E-state index contributed by atoms with van der Waals surface area (Å²) < 4.78 is 22.0. The van der Waals surface area contributed by atoms with Crippen molar-refractivity contribution in [3.8, 4) is 0 Å². The van der Waals surface area contributed by atoms with Crippen molar-refractivity contribution < 1.29 is 54.7 Å². The maximum atomic E-state index is 10.8. The van der Waals surface area contributed by atoms with Crippen molar-refractivity contribution in [2.24, 2.45) is 17.2 Å². The van der Waals surface area contributed by atoms with Gasteiger partial charge in [0.1, 0.15) is 54.9 Å². The zero-order valence-electron chi connectivity index (χ0n) is 16.7. The number of aliphatic hydroxyl groups excluding tert-OH is 7. The fraction of sp³-hybridized carbons (Fsp3) is 1.00. The Balaban J connectivity index is 1.70. The number of ether oxygens (including phenoxy) is 4. The molecule has 0 aromatic rings. The van der Waals surface area contributed by atoms with Crippen LogP contribution in [0.5, 0.6) is 0 Å². The van der Waals surface area contributed by atoms with Crippen LogP contribution in [-0.4, -0.2) is 135 Å². The van der Waals surface area contributed by atoms with E-state index in [4.69, 9.17) is 36.1 Å². The van der Waals surface area contributed by atoms with Gasteiger partial charge in [0.25, 0.3) is 0 Å². The molecular formula is C17H33N3O11. The van der Waals surface area contributed by atoms with Crippen LogP contribution in [0.2, 0.25) is 0 Å². The van der Waals surface area contributed by atoms with Crippen molar-refractivity contribution in [1.29, 1.82) is 0 Å². The standard InChI is InChI=1S/C17H33N3O11/c18-4-1-5(19)15(31-17-12(26)10(24)7(3-22)29-17)13(27)14(4)30-16-8(20)11(25)9(23)6(2-21)28-16/h4-17,21-27H,1-3,18-20H2/t4?,5?,6?,7-,8?,9-,10?,11?,12?,13?,14-,15?,16-,17+/m1/s1. The van der Waals surface area contributed by atoms with Crippen LogP contribution in [0.4, 0.5) is 0 Å². The van der Waals surface area contributed by atoms with E-state index >= 15 is 0 Å². The van der Waals surface area contributed by atoms with Gasteiger partial charge < -0.3 is 71.9 Å². The molecule has 2 saturated heterocycles. The quantitative estimate of drug-likeness (QED) is 0.179. The SMILES string of the molecule is NC1CC(N)[C@@H](O[C@H]2OC(CO)[C@@H](O)C(O)C2N)C(O)C1O[C@@H]1O[C@H](CO)C(O)C1O. The van der Waals surface area contributed by atoms with Crippen LogP contribution < -0.4 is 17.2 Å². The Morgan fingerprint density at radius 3 is 1.61 bits per heavy atom. The summed E-state index contributed by atoms with van der Waals surface area (Å²) in [6.07, 6.45) is -14.3. The van der Waals surface area contributed by atoms with Crippen LogP contribution >= 0.6 is 0 Å². The van der Waals surface area contributed by atoms with E-state index in [1.807, 2.05) is 0 Å². The molecule has 182 valence electrons. The lowest BCUT2D eigenvalue weighted by Gasteiger charge is -2.46. The van der Waals surface area contributed by atoms with Gasteiger partial charge in [0, 0.05) is 12.1 Å². The van der Waals surface area contributed by atoms with Crippen molar-refractivity contribution in [3.63, 3.8) is 0 Å². The highest BCUT2D eigenvalue weighted by Crippen LogP contribution is 2.31. The zero-order chi connectivity index (χ0) is 23.0. The van der Waals surface area contributed by atoms with Crippen LogP contribution in [0.15, 0.2) is 0 Å². The Morgan fingerprint density at radius 2 is 1.10 bits per heavy atom. The number of hydrogen-bond acceptors (Lipinski definition) is 14. The molecule has 14 atom stereocenters. The van der Waals surface area contributed by atoms with Crippen LogP contribution in [0.3, 0.4) is 0 Å². The smallest absolute Gasteiger partial charge is 0.187 e. The van der Waals surface area contributed by atoms with Gasteiger partial charge in [-0.15, -0.1) is 0 Å². The zero-order valence-corrected chi connectivity index (χ0v) is 16.7. The summed E-state index contributed by atoms with van der Waals surface area (Å²) in [5, 5.41) is 69.3. The molecule has 2 heterocycles. The molecule has 0 aromatic carbocycles. The van der Waals surface area contributed by atoms with E-state index in [2.05, 4.69) is 0 Å². The Bertz CT molecular complexity index is 590. The van der Waals surface area contributed by atoms with Crippen LogP contribution in [0, 0.1) is 0 Å². The van der Waals surface area contributed by atoms with E-state index in [1.54, 1.807) is 0 Å². The fourth-order valence-corrected chi connectivity index (χ4v) is 4.15. The summed E-state index contributed by atoms with van der Waals surface area (Å²) in [4.78, 5) is 0. The molecule has 14 nitrogen and oxygen atoms in total. The maximum absolute atomic E-state index is 10.8. The molecule has 3 rings (SSSR count). The van der Waals surface area contributed by atoms with E-state index < -0.39 is 98.9 Å². The minimum atomic E-state index is -1.48. The third-order valence-corrected chi connectivity index (χ3v) is 6.07. The third kappa shape index (κ3) is 4.87. The van der Waals surface area contributed by atoms with Gasteiger partial charge in [-0.2, -0.15) is 0 Å². The van der Waals surface area contributed by atoms with Crippen LogP contribution in [0.25, 0.3) is 0 Å². The van der Waals surface area contributed by atoms with Crippen molar-refractivity contribution in [1.82, 2.24) is 0 Å². The summed E-state index contributed by atoms with van der Waals surface area (Å²) in [7, 11) is 0. The average molecular weight is 455 g/mol. The predicted molar refractivity (Wildman–Crippen MR) is 99.8 cm³/mol. The predicted octanol–water partition coefficient (Wildman–Crippen LogP) is -6.62. The molecule has 3 aliphatic rings. The van der Waals surface area contributed by atoms with Crippen molar-refractivity contribution in [2.75, 3.05) is 13.2 Å². The van der Waals surface area contributed by atoms with E-state index in [0.29, 0.717) is 0 Å².